The number of carbonyl (C=O) groups excluding carboxylic acids is 1. The lowest BCUT2D eigenvalue weighted by molar-refractivity contribution is -0.116. The van der Waals surface area contributed by atoms with Crippen LogP contribution in [-0.2, 0) is 21.4 Å². The van der Waals surface area contributed by atoms with E-state index < -0.39 is 10.0 Å². The largest absolute Gasteiger partial charge is 0.491 e. The van der Waals surface area contributed by atoms with E-state index >= 15 is 0 Å². The summed E-state index contributed by atoms with van der Waals surface area (Å²) in [6, 6.07) is 20.0. The Morgan fingerprint density at radius 1 is 1.02 bits per heavy atom. The molecule has 0 aliphatic rings. The van der Waals surface area contributed by atoms with Gasteiger partial charge in [-0.2, -0.15) is 5.10 Å². The number of primary sulfonamides is 1. The van der Waals surface area contributed by atoms with Gasteiger partial charge in [-0.25, -0.2) is 18.2 Å². The Labute approximate surface area is 263 Å². The first-order valence-electron chi connectivity index (χ1n) is 13.3. The van der Waals surface area contributed by atoms with Gasteiger partial charge < -0.3 is 19.0 Å². The predicted molar refractivity (Wildman–Crippen MR) is 168 cm³/mol. The first-order chi connectivity index (χ1) is 21.4. The number of hydrogen-bond donors (Lipinski definition) is 1. The van der Waals surface area contributed by atoms with Gasteiger partial charge in [0.25, 0.3) is 5.89 Å². The number of ether oxygens (including phenoxy) is 1. The molecular formula is C29H28ClN9O5S. The molecule has 1 amide bonds. The smallest absolute Gasteiger partial charge is 0.272 e. The second-order valence-electron chi connectivity index (χ2n) is 9.85. The van der Waals surface area contributed by atoms with Crippen molar-refractivity contribution in [2.24, 2.45) is 15.4 Å². The van der Waals surface area contributed by atoms with Crippen molar-refractivity contribution in [3.05, 3.63) is 83.7 Å². The monoisotopic (exact) mass is 649 g/mol. The molecule has 14 nitrogen and oxygen atoms in total. The van der Waals surface area contributed by atoms with Gasteiger partial charge in [0.15, 0.2) is 11.4 Å². The van der Waals surface area contributed by atoms with Crippen LogP contribution in [0.5, 0.6) is 5.75 Å². The van der Waals surface area contributed by atoms with E-state index in [0.29, 0.717) is 22.1 Å². The van der Waals surface area contributed by atoms with E-state index in [2.05, 4.69) is 25.5 Å². The van der Waals surface area contributed by atoms with Crippen molar-refractivity contribution in [2.75, 3.05) is 31.0 Å². The van der Waals surface area contributed by atoms with Gasteiger partial charge in [-0.05, 0) is 66.7 Å². The molecule has 0 aliphatic heterocycles. The second-order valence-corrected chi connectivity index (χ2v) is 11.9. The van der Waals surface area contributed by atoms with Crippen molar-refractivity contribution in [1.29, 1.82) is 0 Å². The summed E-state index contributed by atoms with van der Waals surface area (Å²) in [4.78, 5) is 15.7. The van der Waals surface area contributed by atoms with Crippen LogP contribution in [-0.4, -0.2) is 55.5 Å². The number of halogens is 1. The zero-order valence-corrected chi connectivity index (χ0v) is 26.2. The van der Waals surface area contributed by atoms with E-state index in [9.17, 15) is 13.2 Å². The van der Waals surface area contributed by atoms with Crippen molar-refractivity contribution in [3.8, 4) is 23.0 Å². The van der Waals surface area contributed by atoms with Crippen molar-refractivity contribution in [3.63, 3.8) is 0 Å². The number of methoxy groups -OCH3 is 1. The van der Waals surface area contributed by atoms with Crippen LogP contribution in [0.25, 0.3) is 17.3 Å². The minimum atomic E-state index is -3.90. The van der Waals surface area contributed by atoms with Crippen LogP contribution in [0.1, 0.15) is 12.8 Å². The van der Waals surface area contributed by atoms with Gasteiger partial charge in [0.1, 0.15) is 6.54 Å². The fraction of sp³-hybridized carbons (Fsp3) is 0.172. The molecule has 3 aromatic carbocycles. The summed E-state index contributed by atoms with van der Waals surface area (Å²) in [5, 5.41) is 27.4. The Hall–Kier alpha value is -5.12. The lowest BCUT2D eigenvalue weighted by Gasteiger charge is -2.19. The molecular weight excluding hydrogens is 622 g/mol. The highest BCUT2D eigenvalue weighted by Crippen LogP contribution is 2.40. The molecule has 0 saturated heterocycles. The van der Waals surface area contributed by atoms with Gasteiger partial charge in [-0.3, -0.25) is 4.79 Å². The summed E-state index contributed by atoms with van der Waals surface area (Å²) >= 11 is 6.28. The van der Waals surface area contributed by atoms with Gasteiger partial charge in [0, 0.05) is 37.4 Å². The van der Waals surface area contributed by atoms with Crippen LogP contribution in [0, 0.1) is 0 Å². The molecule has 0 unspecified atom stereocenters. The molecule has 45 heavy (non-hydrogen) atoms. The third-order valence-electron chi connectivity index (χ3n) is 6.52. The highest BCUT2D eigenvalue weighted by atomic mass is 35.5. The summed E-state index contributed by atoms with van der Waals surface area (Å²) in [6.45, 7) is 1.25. The summed E-state index contributed by atoms with van der Waals surface area (Å²) < 4.78 is 36.4. The van der Waals surface area contributed by atoms with Gasteiger partial charge in [0.05, 0.1) is 23.4 Å². The number of nitrogens with two attached hydrogens (primary N) is 1. The number of amides is 1. The molecule has 0 bridgehead atoms. The van der Waals surface area contributed by atoms with Crippen LogP contribution in [0.15, 0.2) is 92.3 Å². The highest BCUT2D eigenvalue weighted by molar-refractivity contribution is 7.89. The van der Waals surface area contributed by atoms with E-state index in [0.717, 1.165) is 5.69 Å². The van der Waals surface area contributed by atoms with Gasteiger partial charge >= 0.3 is 0 Å². The third kappa shape index (κ3) is 7.01. The summed E-state index contributed by atoms with van der Waals surface area (Å²) in [6.07, 6.45) is 0. The summed E-state index contributed by atoms with van der Waals surface area (Å²) in [7, 11) is 1.45. The van der Waals surface area contributed by atoms with E-state index in [1.165, 1.54) is 47.9 Å². The number of rotatable bonds is 10. The Morgan fingerprint density at radius 2 is 1.71 bits per heavy atom. The van der Waals surface area contributed by atoms with Crippen LogP contribution < -0.4 is 19.7 Å². The van der Waals surface area contributed by atoms with Crippen molar-refractivity contribution in [2.45, 2.75) is 18.4 Å². The fourth-order valence-electron chi connectivity index (χ4n) is 4.27. The number of sulfonamides is 1. The summed E-state index contributed by atoms with van der Waals surface area (Å²) in [5.74, 6) is 0.191. The Kier molecular flexibility index (Phi) is 8.94. The quantitative estimate of drug-likeness (QED) is 0.198. The van der Waals surface area contributed by atoms with Crippen LogP contribution in [0.3, 0.4) is 0 Å². The van der Waals surface area contributed by atoms with Crippen LogP contribution in [0.2, 0.25) is 5.02 Å². The molecule has 0 atom stereocenters. The molecule has 0 radical (unpaired) electrons. The van der Waals surface area contributed by atoms with Crippen LogP contribution >= 0.6 is 11.6 Å². The molecule has 16 heteroatoms. The first kappa shape index (κ1) is 31.3. The number of carbonyl (C=O) groups is 1. The lowest BCUT2D eigenvalue weighted by atomic mass is 10.3. The average Bonchev–Trinajstić information content (AvgIpc) is 3.63. The minimum absolute atomic E-state index is 0.00230. The maximum absolute atomic E-state index is 12.5. The van der Waals surface area contributed by atoms with Crippen molar-refractivity contribution < 1.29 is 22.4 Å². The van der Waals surface area contributed by atoms with E-state index in [1.807, 2.05) is 43.3 Å². The molecule has 0 saturated carbocycles. The molecule has 0 aliphatic carbocycles. The van der Waals surface area contributed by atoms with E-state index in [1.54, 1.807) is 24.3 Å². The number of azo groups is 1. The molecule has 0 fully saturated rings. The third-order valence-corrected chi connectivity index (χ3v) is 7.69. The molecule has 232 valence electrons. The number of aromatic nitrogens is 4. The zero-order valence-electron chi connectivity index (χ0n) is 24.6. The van der Waals surface area contributed by atoms with Crippen molar-refractivity contribution >= 4 is 50.4 Å². The van der Waals surface area contributed by atoms with Gasteiger partial charge in [-0.1, -0.05) is 17.7 Å². The Bertz CT molecular complexity index is 1970. The SMILES string of the molecule is COc1c(-c2nnc(CN(C(C)=O)c3ccc(S(N)(=O)=O)cc3)o2)nn(-c2cccc(Cl)c2)c1N=Nc1ccc(N(C)C)cc1. The maximum atomic E-state index is 12.5. The molecule has 2 aromatic heterocycles. The molecule has 5 rings (SSSR count). The highest BCUT2D eigenvalue weighted by Gasteiger charge is 2.27. The summed E-state index contributed by atoms with van der Waals surface area (Å²) in [5.41, 5.74) is 2.77. The van der Waals surface area contributed by atoms with Crippen LogP contribution in [0.4, 0.5) is 22.9 Å². The lowest BCUT2D eigenvalue weighted by Crippen LogP contribution is -2.28. The fourth-order valence-corrected chi connectivity index (χ4v) is 4.97. The first-order valence-corrected chi connectivity index (χ1v) is 15.2. The van der Waals surface area contributed by atoms with Gasteiger partial charge in [-0.15, -0.1) is 20.4 Å². The number of anilines is 2. The number of nitrogens with zero attached hydrogens (tertiary/aromatic N) is 8. The zero-order chi connectivity index (χ0) is 32.3. The number of hydrogen-bond acceptors (Lipinski definition) is 11. The molecule has 5 aromatic rings. The molecule has 2 N–H and O–H groups in total. The maximum Gasteiger partial charge on any atom is 0.272 e. The van der Waals surface area contributed by atoms with E-state index in [-0.39, 0.29) is 46.4 Å². The van der Waals surface area contributed by atoms with Gasteiger partial charge in [0.2, 0.25) is 27.6 Å². The number of benzene rings is 3. The normalized spacial score (nSPS) is 11.6. The molecule has 2 heterocycles. The van der Waals surface area contributed by atoms with E-state index in [4.69, 9.17) is 25.9 Å². The van der Waals surface area contributed by atoms with Crippen molar-refractivity contribution in [1.82, 2.24) is 20.0 Å². The average molecular weight is 650 g/mol. The minimum Gasteiger partial charge on any atom is -0.491 e. The topological polar surface area (TPSA) is 174 Å². The Balaban J connectivity index is 1.51. The second kappa shape index (κ2) is 12.9. The predicted octanol–water partition coefficient (Wildman–Crippen LogP) is 5.27. The molecule has 0 spiro atoms. The standard InChI is InChI=1S/C29H28ClN9O5S/c1-18(40)38(22-12-14-24(15-13-22)45(31,41)42)17-25-33-35-29(44-25)26-27(43-4)28(39(36-26)23-7-5-6-19(30)16-23)34-32-20-8-10-21(11-9-20)37(2)3/h5-16H,17H2,1-4H3,(H2,31,41,42). The Morgan fingerprint density at radius 3 is 2.31 bits per heavy atom.